The lowest BCUT2D eigenvalue weighted by Crippen LogP contribution is -2.19. The first-order valence-corrected chi connectivity index (χ1v) is 6.77. The third kappa shape index (κ3) is 3.43. The number of hydrogen-bond acceptors (Lipinski definition) is 2. The molecule has 0 aliphatic carbocycles. The van der Waals surface area contributed by atoms with Crippen LogP contribution in [0.3, 0.4) is 0 Å². The molecule has 0 spiro atoms. The fourth-order valence-electron chi connectivity index (χ4n) is 2.03. The maximum Gasteiger partial charge on any atom is 0.416 e. The van der Waals surface area contributed by atoms with E-state index in [0.29, 0.717) is 16.7 Å². The molecule has 0 saturated heterocycles. The minimum Gasteiger partial charge on any atom is -0.457 e. The van der Waals surface area contributed by atoms with Gasteiger partial charge in [0.15, 0.2) is 4.67 Å². The van der Waals surface area contributed by atoms with Gasteiger partial charge in [0, 0.05) is 11.6 Å². The molecule has 0 saturated carbocycles. The van der Waals surface area contributed by atoms with Gasteiger partial charge in [-0.3, -0.25) is 0 Å². The van der Waals surface area contributed by atoms with Gasteiger partial charge in [0.25, 0.3) is 0 Å². The van der Waals surface area contributed by atoms with E-state index in [-0.39, 0.29) is 6.04 Å². The van der Waals surface area contributed by atoms with Crippen LogP contribution < -0.4 is 5.32 Å². The molecule has 20 heavy (non-hydrogen) atoms. The normalized spacial score (nSPS) is 13.4. The third-order valence-electron chi connectivity index (χ3n) is 3.06. The SMILES string of the molecule is CNC(Cc1cccc(C(F)(F)F)c1)c1ccoc1Br. The molecular formula is C14H13BrF3NO. The van der Waals surface area contributed by atoms with E-state index in [4.69, 9.17) is 4.42 Å². The molecule has 1 atom stereocenters. The van der Waals surface area contributed by atoms with Crippen molar-refractivity contribution >= 4 is 15.9 Å². The monoisotopic (exact) mass is 347 g/mol. The number of alkyl halides is 3. The zero-order valence-corrected chi connectivity index (χ0v) is 12.3. The molecule has 2 rings (SSSR count). The summed E-state index contributed by atoms with van der Waals surface area (Å²) in [5.41, 5.74) is 0.869. The molecule has 0 fully saturated rings. The highest BCUT2D eigenvalue weighted by molar-refractivity contribution is 9.10. The Morgan fingerprint density at radius 3 is 2.60 bits per heavy atom. The second-order valence-corrected chi connectivity index (χ2v) is 5.11. The molecule has 1 aromatic heterocycles. The minimum absolute atomic E-state index is 0.119. The number of benzene rings is 1. The summed E-state index contributed by atoms with van der Waals surface area (Å²) in [6.45, 7) is 0. The lowest BCUT2D eigenvalue weighted by molar-refractivity contribution is -0.137. The zero-order valence-electron chi connectivity index (χ0n) is 10.7. The molecule has 6 heteroatoms. The van der Waals surface area contributed by atoms with Crippen LogP contribution in [0.2, 0.25) is 0 Å². The van der Waals surface area contributed by atoms with Gasteiger partial charge in [0.2, 0.25) is 0 Å². The molecule has 2 nitrogen and oxygen atoms in total. The number of furan rings is 1. The van der Waals surface area contributed by atoms with E-state index in [2.05, 4.69) is 21.2 Å². The van der Waals surface area contributed by atoms with Gasteiger partial charge >= 0.3 is 6.18 Å². The highest BCUT2D eigenvalue weighted by Crippen LogP contribution is 2.31. The van der Waals surface area contributed by atoms with Gasteiger partial charge in [-0.2, -0.15) is 13.2 Å². The first kappa shape index (κ1) is 15.1. The largest absolute Gasteiger partial charge is 0.457 e. The van der Waals surface area contributed by atoms with Gasteiger partial charge in [-0.05, 0) is 47.1 Å². The van der Waals surface area contributed by atoms with Gasteiger partial charge in [-0.25, -0.2) is 0 Å². The molecule has 1 heterocycles. The summed E-state index contributed by atoms with van der Waals surface area (Å²) in [6, 6.07) is 7.04. The zero-order chi connectivity index (χ0) is 14.8. The highest BCUT2D eigenvalue weighted by atomic mass is 79.9. The summed E-state index contributed by atoms with van der Waals surface area (Å²) in [5, 5.41) is 3.08. The number of rotatable bonds is 4. The van der Waals surface area contributed by atoms with Crippen molar-refractivity contribution in [2.45, 2.75) is 18.6 Å². The van der Waals surface area contributed by atoms with Crippen LogP contribution in [0.1, 0.15) is 22.7 Å². The van der Waals surface area contributed by atoms with Crippen molar-refractivity contribution in [3.8, 4) is 0 Å². The molecule has 2 aromatic rings. The van der Waals surface area contributed by atoms with Crippen molar-refractivity contribution in [1.82, 2.24) is 5.32 Å². The van der Waals surface area contributed by atoms with Crippen molar-refractivity contribution in [2.75, 3.05) is 7.05 Å². The number of halogens is 4. The molecule has 0 bridgehead atoms. The summed E-state index contributed by atoms with van der Waals surface area (Å²) < 4.78 is 43.8. The van der Waals surface area contributed by atoms with Gasteiger partial charge < -0.3 is 9.73 Å². The van der Waals surface area contributed by atoms with E-state index >= 15 is 0 Å². The number of likely N-dealkylation sites (N-methyl/N-ethyl adjacent to an activating group) is 1. The molecule has 1 aromatic carbocycles. The fraction of sp³-hybridized carbons (Fsp3) is 0.286. The maximum atomic E-state index is 12.7. The lowest BCUT2D eigenvalue weighted by atomic mass is 9.99. The van der Waals surface area contributed by atoms with E-state index in [9.17, 15) is 13.2 Å². The first-order valence-electron chi connectivity index (χ1n) is 5.98. The van der Waals surface area contributed by atoms with Crippen molar-refractivity contribution in [1.29, 1.82) is 0 Å². The Hall–Kier alpha value is -1.27. The number of hydrogen-bond donors (Lipinski definition) is 1. The Labute approximate surface area is 123 Å². The lowest BCUT2D eigenvalue weighted by Gasteiger charge is -2.16. The fourth-order valence-corrected chi connectivity index (χ4v) is 2.55. The summed E-state index contributed by atoms with van der Waals surface area (Å²) in [7, 11) is 1.76. The molecule has 1 N–H and O–H groups in total. The van der Waals surface area contributed by atoms with Crippen molar-refractivity contribution in [3.63, 3.8) is 0 Å². The Balaban J connectivity index is 2.23. The second kappa shape index (κ2) is 6.01. The summed E-state index contributed by atoms with van der Waals surface area (Å²) >= 11 is 3.28. The van der Waals surface area contributed by atoms with E-state index in [0.717, 1.165) is 11.6 Å². The second-order valence-electron chi connectivity index (χ2n) is 4.39. The van der Waals surface area contributed by atoms with Crippen molar-refractivity contribution in [3.05, 3.63) is 58.0 Å². The van der Waals surface area contributed by atoms with Crippen LogP contribution in [-0.4, -0.2) is 7.05 Å². The van der Waals surface area contributed by atoms with Crippen LogP contribution >= 0.6 is 15.9 Å². The Bertz CT molecular complexity index is 580. The van der Waals surface area contributed by atoms with E-state index in [1.54, 1.807) is 19.2 Å². The molecule has 0 aliphatic heterocycles. The summed E-state index contributed by atoms with van der Waals surface area (Å²) in [4.78, 5) is 0. The molecule has 0 aliphatic rings. The molecule has 0 amide bonds. The molecular weight excluding hydrogens is 335 g/mol. The topological polar surface area (TPSA) is 25.2 Å². The van der Waals surface area contributed by atoms with Crippen LogP contribution in [0, 0.1) is 0 Å². The smallest absolute Gasteiger partial charge is 0.416 e. The van der Waals surface area contributed by atoms with Crippen LogP contribution in [0.4, 0.5) is 13.2 Å². The highest BCUT2D eigenvalue weighted by Gasteiger charge is 2.30. The van der Waals surface area contributed by atoms with Crippen LogP contribution in [-0.2, 0) is 12.6 Å². The first-order chi connectivity index (χ1) is 9.41. The third-order valence-corrected chi connectivity index (χ3v) is 3.71. The van der Waals surface area contributed by atoms with Crippen molar-refractivity contribution < 1.29 is 17.6 Å². The maximum absolute atomic E-state index is 12.7. The van der Waals surface area contributed by atoms with Crippen LogP contribution in [0.5, 0.6) is 0 Å². The Morgan fingerprint density at radius 1 is 1.30 bits per heavy atom. The van der Waals surface area contributed by atoms with Gasteiger partial charge in [0.05, 0.1) is 11.8 Å². The van der Waals surface area contributed by atoms with Crippen LogP contribution in [0.15, 0.2) is 45.7 Å². The van der Waals surface area contributed by atoms with Gasteiger partial charge in [-0.15, -0.1) is 0 Å². The summed E-state index contributed by atoms with van der Waals surface area (Å²) in [5.74, 6) is 0. The van der Waals surface area contributed by atoms with Crippen molar-refractivity contribution in [2.24, 2.45) is 0 Å². The average Bonchev–Trinajstić information content (AvgIpc) is 2.81. The van der Waals surface area contributed by atoms with Gasteiger partial charge in [-0.1, -0.05) is 18.2 Å². The van der Waals surface area contributed by atoms with E-state index in [1.807, 2.05) is 0 Å². The van der Waals surface area contributed by atoms with Crippen LogP contribution in [0.25, 0.3) is 0 Å². The molecule has 1 unspecified atom stereocenters. The quantitative estimate of drug-likeness (QED) is 0.876. The van der Waals surface area contributed by atoms with E-state index < -0.39 is 11.7 Å². The predicted octanol–water partition coefficient (Wildman–Crippen LogP) is 4.56. The molecule has 108 valence electrons. The minimum atomic E-state index is -4.32. The van der Waals surface area contributed by atoms with Gasteiger partial charge in [0.1, 0.15) is 0 Å². The molecule has 0 radical (unpaired) electrons. The number of nitrogens with one attached hydrogen (secondary N) is 1. The Morgan fingerprint density at radius 2 is 2.05 bits per heavy atom. The Kier molecular flexibility index (Phi) is 4.55. The standard InChI is InChI=1S/C14H13BrF3NO/c1-19-12(11-5-6-20-13(11)15)8-9-3-2-4-10(7-9)14(16,17)18/h2-7,12,19H,8H2,1H3. The summed E-state index contributed by atoms with van der Waals surface area (Å²) in [6.07, 6.45) is -2.34. The average molecular weight is 348 g/mol. The van der Waals surface area contributed by atoms with E-state index in [1.165, 1.54) is 18.4 Å². The predicted molar refractivity (Wildman–Crippen MR) is 73.4 cm³/mol.